The number of hydrogen-bond acceptors (Lipinski definition) is 8. The van der Waals surface area contributed by atoms with Gasteiger partial charge in [-0.1, -0.05) is 24.3 Å². The lowest BCUT2D eigenvalue weighted by atomic mass is 10.1. The molecule has 0 radical (unpaired) electrons. The van der Waals surface area contributed by atoms with Crippen molar-refractivity contribution in [2.75, 3.05) is 38.2 Å². The number of aromatic nitrogens is 3. The van der Waals surface area contributed by atoms with Crippen molar-refractivity contribution >= 4 is 17.9 Å². The highest BCUT2D eigenvalue weighted by Crippen LogP contribution is 2.19. The summed E-state index contributed by atoms with van der Waals surface area (Å²) < 4.78 is 49.0. The zero-order valence-corrected chi connectivity index (χ0v) is 23.9. The van der Waals surface area contributed by atoms with E-state index in [0.717, 1.165) is 11.1 Å². The summed E-state index contributed by atoms with van der Waals surface area (Å²) in [6.45, 7) is 3.89. The maximum absolute atomic E-state index is 12.8. The second kappa shape index (κ2) is 14.5. The van der Waals surface area contributed by atoms with Crippen LogP contribution in [0.4, 0.5) is 23.9 Å². The predicted octanol–water partition coefficient (Wildman–Crippen LogP) is 3.95. The molecule has 11 nitrogen and oxygen atoms in total. The quantitative estimate of drug-likeness (QED) is 0.412. The van der Waals surface area contributed by atoms with Crippen LogP contribution < -0.4 is 25.4 Å². The summed E-state index contributed by atoms with van der Waals surface area (Å²) in [7, 11) is 0. The van der Waals surface area contributed by atoms with Gasteiger partial charge < -0.3 is 30.3 Å². The number of nitrogens with one attached hydrogen (secondary N) is 3. The number of benzene rings is 2. The number of carbonyl (C=O) groups excluding carboxylic acids is 2. The van der Waals surface area contributed by atoms with Gasteiger partial charge in [0.2, 0.25) is 5.95 Å². The zero-order chi connectivity index (χ0) is 30.8. The first kappa shape index (κ1) is 31.3. The fraction of sp³-hybridized carbons (Fsp3) is 0.414. The fourth-order valence-corrected chi connectivity index (χ4v) is 4.11. The second-order valence-electron chi connectivity index (χ2n) is 10.2. The molecule has 43 heavy (non-hydrogen) atoms. The molecule has 0 aliphatic carbocycles. The Labute approximate surface area is 247 Å². The summed E-state index contributed by atoms with van der Waals surface area (Å²) in [6, 6.07) is 13.2. The van der Waals surface area contributed by atoms with Gasteiger partial charge in [-0.05, 0) is 55.7 Å². The lowest BCUT2D eigenvalue weighted by Gasteiger charge is -2.24. The van der Waals surface area contributed by atoms with Gasteiger partial charge in [0.05, 0.1) is 6.54 Å². The van der Waals surface area contributed by atoms with Crippen LogP contribution in [0.5, 0.6) is 11.8 Å². The molecule has 0 atom stereocenters. The third-order valence-electron chi connectivity index (χ3n) is 6.20. The molecular formula is C29H34F3N7O4. The van der Waals surface area contributed by atoms with Crippen molar-refractivity contribution in [1.82, 2.24) is 30.5 Å². The molecule has 0 saturated carbocycles. The Kier molecular flexibility index (Phi) is 10.6. The number of halogens is 3. The standard InChI is InChI=1S/C29H34F3N7O4/c1-19(2)35-28(41)39-13-3-12-33-25(40)22-8-4-20(5-9-22)16-24-36-26(38-27(37-24)43-18-29(30,31)32)34-17-21-6-10-23(11-7-21)42-15-14-39/h4-11,19H,3,12-18H2,1-2H3,(H,33,40)(H,35,41)(H,34,36,37,38). The van der Waals surface area contributed by atoms with E-state index < -0.39 is 18.8 Å². The van der Waals surface area contributed by atoms with Gasteiger partial charge >= 0.3 is 18.2 Å². The van der Waals surface area contributed by atoms with E-state index in [1.807, 2.05) is 26.0 Å². The zero-order valence-electron chi connectivity index (χ0n) is 23.9. The summed E-state index contributed by atoms with van der Waals surface area (Å²) >= 11 is 0. The first-order valence-electron chi connectivity index (χ1n) is 13.9. The molecule has 3 amide bonds. The van der Waals surface area contributed by atoms with E-state index in [0.29, 0.717) is 37.4 Å². The maximum atomic E-state index is 12.8. The third-order valence-corrected chi connectivity index (χ3v) is 6.20. The molecule has 2 aromatic carbocycles. The average molecular weight is 602 g/mol. The Bertz CT molecular complexity index is 1370. The summed E-state index contributed by atoms with van der Waals surface area (Å²) in [4.78, 5) is 39.5. The highest BCUT2D eigenvalue weighted by atomic mass is 19.4. The van der Waals surface area contributed by atoms with Crippen molar-refractivity contribution in [2.24, 2.45) is 0 Å². The topological polar surface area (TPSA) is 131 Å². The molecule has 230 valence electrons. The van der Waals surface area contributed by atoms with E-state index in [2.05, 4.69) is 30.9 Å². The van der Waals surface area contributed by atoms with Crippen molar-refractivity contribution in [3.63, 3.8) is 0 Å². The van der Waals surface area contributed by atoms with Crippen LogP contribution >= 0.6 is 0 Å². The molecule has 7 rings (SSSR count). The van der Waals surface area contributed by atoms with Crippen LogP contribution in [0.3, 0.4) is 0 Å². The second-order valence-corrected chi connectivity index (χ2v) is 10.2. The van der Waals surface area contributed by atoms with Gasteiger partial charge in [-0.2, -0.15) is 28.1 Å². The van der Waals surface area contributed by atoms with E-state index in [-0.39, 0.29) is 49.3 Å². The van der Waals surface area contributed by atoms with Gasteiger partial charge in [-0.25, -0.2) is 4.79 Å². The molecule has 1 aromatic heterocycles. The minimum Gasteiger partial charge on any atom is -0.492 e. The molecule has 4 aliphatic rings. The number of alkyl halides is 3. The molecule has 0 spiro atoms. The van der Waals surface area contributed by atoms with Crippen LogP contribution in [-0.4, -0.2) is 76.9 Å². The summed E-state index contributed by atoms with van der Waals surface area (Å²) in [6.07, 6.45) is -3.85. The van der Waals surface area contributed by atoms with E-state index in [9.17, 15) is 22.8 Å². The van der Waals surface area contributed by atoms with Crippen molar-refractivity contribution in [1.29, 1.82) is 0 Å². The first-order valence-corrected chi connectivity index (χ1v) is 13.9. The van der Waals surface area contributed by atoms with E-state index in [4.69, 9.17) is 9.47 Å². The predicted molar refractivity (Wildman–Crippen MR) is 152 cm³/mol. The number of ether oxygens (including phenoxy) is 2. The molecule has 4 aliphatic heterocycles. The van der Waals surface area contributed by atoms with Crippen molar-refractivity contribution in [2.45, 2.75) is 45.5 Å². The smallest absolute Gasteiger partial charge is 0.422 e. The van der Waals surface area contributed by atoms with E-state index in [1.165, 1.54) is 0 Å². The monoisotopic (exact) mass is 601 g/mol. The largest absolute Gasteiger partial charge is 0.492 e. The SMILES string of the molecule is CC(C)NC(=O)N1CCCNC(=O)c2ccc(cc2)Cc2nc(nc(OCC(F)(F)F)n2)NCc2ccc(cc2)OCC1. The third kappa shape index (κ3) is 10.3. The van der Waals surface area contributed by atoms with Gasteiger partial charge in [0.1, 0.15) is 18.2 Å². The van der Waals surface area contributed by atoms with Crippen LogP contribution in [0, 0.1) is 0 Å². The van der Waals surface area contributed by atoms with Crippen LogP contribution in [0.25, 0.3) is 0 Å². The maximum Gasteiger partial charge on any atom is 0.422 e. The summed E-state index contributed by atoms with van der Waals surface area (Å²) in [5.74, 6) is 0.578. The Balaban J connectivity index is 1.55. The number of anilines is 1. The minimum atomic E-state index is -4.56. The van der Waals surface area contributed by atoms with Crippen molar-refractivity contribution < 1.29 is 32.2 Å². The van der Waals surface area contributed by atoms with Gasteiger partial charge in [0.25, 0.3) is 5.91 Å². The Morgan fingerprint density at radius 3 is 2.44 bits per heavy atom. The van der Waals surface area contributed by atoms with E-state index in [1.54, 1.807) is 41.3 Å². The van der Waals surface area contributed by atoms with Crippen LogP contribution in [-0.2, 0) is 13.0 Å². The molecule has 0 unspecified atom stereocenters. The van der Waals surface area contributed by atoms with Crippen molar-refractivity contribution in [3.05, 3.63) is 71.0 Å². The number of amides is 3. The molecule has 3 aromatic rings. The Morgan fingerprint density at radius 1 is 1.02 bits per heavy atom. The molecule has 5 heterocycles. The number of carbonyl (C=O) groups is 2. The highest BCUT2D eigenvalue weighted by Gasteiger charge is 2.29. The first-order chi connectivity index (χ1) is 20.5. The number of rotatable bonds is 3. The van der Waals surface area contributed by atoms with Crippen LogP contribution in [0.2, 0.25) is 0 Å². The van der Waals surface area contributed by atoms with Gasteiger partial charge in [-0.3, -0.25) is 4.79 Å². The van der Waals surface area contributed by atoms with Crippen molar-refractivity contribution in [3.8, 4) is 11.8 Å². The molecule has 3 N–H and O–H groups in total. The molecule has 0 fully saturated rings. The fourth-order valence-electron chi connectivity index (χ4n) is 4.11. The number of nitrogens with zero attached hydrogens (tertiary/aromatic N) is 4. The summed E-state index contributed by atoms with van der Waals surface area (Å²) in [5.41, 5.74) is 2.01. The number of urea groups is 1. The lowest BCUT2D eigenvalue weighted by Crippen LogP contribution is -2.45. The van der Waals surface area contributed by atoms with Crippen LogP contribution in [0.15, 0.2) is 48.5 Å². The molecular weight excluding hydrogens is 567 g/mol. The Hall–Kier alpha value is -4.62. The summed E-state index contributed by atoms with van der Waals surface area (Å²) in [5, 5.41) is 8.76. The van der Waals surface area contributed by atoms with Gasteiger partial charge in [0.15, 0.2) is 6.61 Å². The normalized spacial score (nSPS) is 14.9. The van der Waals surface area contributed by atoms with Gasteiger partial charge in [0, 0.05) is 37.7 Å². The van der Waals surface area contributed by atoms with E-state index >= 15 is 0 Å². The minimum absolute atomic E-state index is 0.0296. The molecule has 14 heteroatoms. The molecule has 0 saturated heterocycles. The lowest BCUT2D eigenvalue weighted by molar-refractivity contribution is -0.154. The van der Waals surface area contributed by atoms with Crippen LogP contribution in [0.1, 0.15) is 47.6 Å². The van der Waals surface area contributed by atoms with Gasteiger partial charge in [-0.15, -0.1) is 0 Å². The highest BCUT2D eigenvalue weighted by molar-refractivity contribution is 5.94. The average Bonchev–Trinajstić information content (AvgIpc) is 2.96. The number of hydrogen-bond donors (Lipinski definition) is 3. The molecule has 6 bridgehead atoms. The Morgan fingerprint density at radius 2 is 1.74 bits per heavy atom.